The molecule has 0 bridgehead atoms. The summed E-state index contributed by atoms with van der Waals surface area (Å²) in [5, 5.41) is 3.53. The lowest BCUT2D eigenvalue weighted by molar-refractivity contribution is 0.202. The van der Waals surface area contributed by atoms with Crippen LogP contribution in [0.4, 0.5) is 4.39 Å². The molecule has 0 aromatic carbocycles. The molecule has 1 aliphatic carbocycles. The number of nitrogens with zero attached hydrogens (tertiary/aromatic N) is 1. The number of aromatic nitrogens is 1. The molecule has 0 aliphatic heterocycles. The maximum Gasteiger partial charge on any atom is 0.141 e. The Balaban J connectivity index is 1.89. The van der Waals surface area contributed by atoms with Crippen molar-refractivity contribution in [2.24, 2.45) is 5.41 Å². The molecule has 0 spiro atoms. The van der Waals surface area contributed by atoms with Gasteiger partial charge in [0.2, 0.25) is 0 Å². The molecule has 1 fully saturated rings. The second kappa shape index (κ2) is 5.79. The quantitative estimate of drug-likeness (QED) is 0.878. The van der Waals surface area contributed by atoms with E-state index in [9.17, 15) is 4.39 Å². The van der Waals surface area contributed by atoms with Crippen molar-refractivity contribution >= 4 is 0 Å². The van der Waals surface area contributed by atoms with Gasteiger partial charge in [-0.25, -0.2) is 4.39 Å². The third-order valence-electron chi connectivity index (χ3n) is 4.12. The van der Waals surface area contributed by atoms with Gasteiger partial charge in [-0.1, -0.05) is 26.2 Å². The van der Waals surface area contributed by atoms with E-state index in [1.165, 1.54) is 38.3 Å². The van der Waals surface area contributed by atoms with E-state index in [-0.39, 0.29) is 11.9 Å². The molecule has 2 nitrogen and oxygen atoms in total. The molecule has 3 heteroatoms. The van der Waals surface area contributed by atoms with Crippen LogP contribution in [0.5, 0.6) is 0 Å². The molecule has 18 heavy (non-hydrogen) atoms. The number of rotatable bonds is 4. The lowest BCUT2D eigenvalue weighted by Gasteiger charge is -2.35. The number of nitrogens with one attached hydrogen (secondary N) is 1. The molecule has 1 atom stereocenters. The zero-order valence-electron chi connectivity index (χ0n) is 11.4. The van der Waals surface area contributed by atoms with Crippen molar-refractivity contribution in [3.05, 3.63) is 29.8 Å². The number of halogens is 1. The fraction of sp³-hybridized carbons (Fsp3) is 0.667. The molecule has 100 valence electrons. The highest BCUT2D eigenvalue weighted by Gasteiger charge is 2.26. The summed E-state index contributed by atoms with van der Waals surface area (Å²) in [7, 11) is 0. The lowest BCUT2D eigenvalue weighted by atomic mass is 9.75. The summed E-state index contributed by atoms with van der Waals surface area (Å²) in [6, 6.07) is 1.72. The third kappa shape index (κ3) is 3.52. The first kappa shape index (κ1) is 13.5. The molecule has 1 N–H and O–H groups in total. The summed E-state index contributed by atoms with van der Waals surface area (Å²) < 4.78 is 13.1. The van der Waals surface area contributed by atoms with Crippen molar-refractivity contribution in [1.82, 2.24) is 10.3 Å². The predicted octanol–water partition coefficient (Wildman–Crippen LogP) is 3.84. The number of pyridine rings is 1. The van der Waals surface area contributed by atoms with Crippen LogP contribution in [0, 0.1) is 11.2 Å². The fourth-order valence-electron chi connectivity index (χ4n) is 2.76. The van der Waals surface area contributed by atoms with E-state index in [1.54, 1.807) is 12.3 Å². The minimum absolute atomic E-state index is 0.159. The van der Waals surface area contributed by atoms with Crippen LogP contribution in [0.25, 0.3) is 0 Å². The predicted molar refractivity (Wildman–Crippen MR) is 71.8 cm³/mol. The van der Waals surface area contributed by atoms with E-state index in [2.05, 4.69) is 24.1 Å². The molecule has 1 aliphatic rings. The Morgan fingerprint density at radius 3 is 2.72 bits per heavy atom. The first-order chi connectivity index (χ1) is 8.59. The molecule has 0 saturated heterocycles. The van der Waals surface area contributed by atoms with E-state index in [4.69, 9.17) is 0 Å². The molecule has 1 aromatic heterocycles. The van der Waals surface area contributed by atoms with Gasteiger partial charge in [0.05, 0.1) is 6.20 Å². The Morgan fingerprint density at radius 1 is 1.33 bits per heavy atom. The van der Waals surface area contributed by atoms with E-state index >= 15 is 0 Å². The minimum Gasteiger partial charge on any atom is -0.310 e. The van der Waals surface area contributed by atoms with Gasteiger partial charge in [0, 0.05) is 18.8 Å². The Morgan fingerprint density at radius 2 is 2.06 bits per heavy atom. The molecular weight excluding hydrogens is 227 g/mol. The van der Waals surface area contributed by atoms with Gasteiger partial charge in [0.25, 0.3) is 0 Å². The monoisotopic (exact) mass is 250 g/mol. The molecule has 2 rings (SSSR count). The first-order valence-corrected chi connectivity index (χ1v) is 6.93. The van der Waals surface area contributed by atoms with Crippen molar-refractivity contribution < 1.29 is 4.39 Å². The summed E-state index contributed by atoms with van der Waals surface area (Å²) in [5.41, 5.74) is 1.34. The SMILES string of the molecule is CC(NCC1(C)CCCCC1)c1cncc(F)c1. The van der Waals surface area contributed by atoms with Gasteiger partial charge in [-0.2, -0.15) is 0 Å². The van der Waals surface area contributed by atoms with Crippen molar-refractivity contribution in [3.8, 4) is 0 Å². The Labute approximate surface area is 109 Å². The van der Waals surface area contributed by atoms with Gasteiger partial charge < -0.3 is 5.32 Å². The zero-order valence-corrected chi connectivity index (χ0v) is 11.4. The lowest BCUT2D eigenvalue weighted by Crippen LogP contribution is -2.35. The third-order valence-corrected chi connectivity index (χ3v) is 4.12. The van der Waals surface area contributed by atoms with Crippen LogP contribution in [0.3, 0.4) is 0 Å². The van der Waals surface area contributed by atoms with Crippen LogP contribution in [0.2, 0.25) is 0 Å². The first-order valence-electron chi connectivity index (χ1n) is 6.93. The molecule has 1 heterocycles. The van der Waals surface area contributed by atoms with E-state index in [0.29, 0.717) is 5.41 Å². The van der Waals surface area contributed by atoms with Crippen LogP contribution in [0.15, 0.2) is 18.5 Å². The standard InChI is InChI=1S/C15H23FN2/c1-12(13-8-14(16)10-17-9-13)18-11-15(2)6-4-3-5-7-15/h8-10,12,18H,3-7,11H2,1-2H3. The van der Waals surface area contributed by atoms with Crippen LogP contribution in [-0.4, -0.2) is 11.5 Å². The maximum absolute atomic E-state index is 13.1. The molecule has 0 radical (unpaired) electrons. The summed E-state index contributed by atoms with van der Waals surface area (Å²) in [6.45, 7) is 5.43. The Kier molecular flexibility index (Phi) is 4.33. The summed E-state index contributed by atoms with van der Waals surface area (Å²) in [4.78, 5) is 3.90. The highest BCUT2D eigenvalue weighted by Crippen LogP contribution is 2.35. The minimum atomic E-state index is -0.259. The summed E-state index contributed by atoms with van der Waals surface area (Å²) in [5.74, 6) is -0.259. The molecule has 0 amide bonds. The van der Waals surface area contributed by atoms with Crippen LogP contribution >= 0.6 is 0 Å². The van der Waals surface area contributed by atoms with Gasteiger partial charge >= 0.3 is 0 Å². The number of hydrogen-bond donors (Lipinski definition) is 1. The van der Waals surface area contributed by atoms with Gasteiger partial charge in [-0.05, 0) is 36.8 Å². The van der Waals surface area contributed by atoms with Crippen LogP contribution in [0.1, 0.15) is 57.6 Å². The number of hydrogen-bond acceptors (Lipinski definition) is 2. The molecular formula is C15H23FN2. The van der Waals surface area contributed by atoms with Gasteiger partial charge in [-0.3, -0.25) is 4.98 Å². The highest BCUT2D eigenvalue weighted by atomic mass is 19.1. The van der Waals surface area contributed by atoms with Crippen molar-refractivity contribution in [1.29, 1.82) is 0 Å². The largest absolute Gasteiger partial charge is 0.310 e. The molecule has 1 unspecified atom stereocenters. The Hall–Kier alpha value is -0.960. The van der Waals surface area contributed by atoms with Crippen molar-refractivity contribution in [2.75, 3.05) is 6.54 Å². The smallest absolute Gasteiger partial charge is 0.141 e. The summed E-state index contributed by atoms with van der Waals surface area (Å²) in [6.07, 6.45) is 9.64. The second-order valence-electron chi connectivity index (χ2n) is 5.91. The van der Waals surface area contributed by atoms with Gasteiger partial charge in [-0.15, -0.1) is 0 Å². The van der Waals surface area contributed by atoms with Crippen LogP contribution < -0.4 is 5.32 Å². The van der Waals surface area contributed by atoms with Gasteiger partial charge in [0.15, 0.2) is 0 Å². The maximum atomic E-state index is 13.1. The normalized spacial score (nSPS) is 20.6. The zero-order chi connectivity index (χ0) is 13.0. The second-order valence-corrected chi connectivity index (χ2v) is 5.91. The van der Waals surface area contributed by atoms with E-state index < -0.39 is 0 Å². The molecule has 1 aromatic rings. The van der Waals surface area contributed by atoms with Crippen molar-refractivity contribution in [3.63, 3.8) is 0 Å². The average molecular weight is 250 g/mol. The summed E-state index contributed by atoms with van der Waals surface area (Å²) >= 11 is 0. The van der Waals surface area contributed by atoms with Crippen LogP contribution in [-0.2, 0) is 0 Å². The molecule has 1 saturated carbocycles. The van der Waals surface area contributed by atoms with Gasteiger partial charge in [0.1, 0.15) is 5.82 Å². The Bertz CT molecular complexity index is 386. The average Bonchev–Trinajstić information content (AvgIpc) is 2.37. The van der Waals surface area contributed by atoms with E-state index in [0.717, 1.165) is 12.1 Å². The van der Waals surface area contributed by atoms with Crippen molar-refractivity contribution in [2.45, 2.75) is 52.0 Å². The topological polar surface area (TPSA) is 24.9 Å². The van der Waals surface area contributed by atoms with E-state index in [1.807, 2.05) is 0 Å². The highest BCUT2D eigenvalue weighted by molar-refractivity contribution is 5.14. The fourth-order valence-corrected chi connectivity index (χ4v) is 2.76.